The van der Waals surface area contributed by atoms with Gasteiger partial charge in [0, 0.05) is 19.2 Å². The van der Waals surface area contributed by atoms with Crippen LogP contribution in [0, 0.1) is 0 Å². The average Bonchev–Trinajstić information content (AvgIpc) is 2.78. The van der Waals surface area contributed by atoms with Crippen molar-refractivity contribution >= 4 is 27.7 Å². The van der Waals surface area contributed by atoms with Crippen LogP contribution in [0.1, 0.15) is 24.8 Å². The number of hydrogen-bond donors (Lipinski definition) is 1. The Morgan fingerprint density at radius 3 is 2.40 bits per heavy atom. The molecule has 0 radical (unpaired) electrons. The van der Waals surface area contributed by atoms with E-state index in [1.54, 1.807) is 36.4 Å². The molecule has 0 bridgehead atoms. The first-order valence-corrected chi connectivity index (χ1v) is 11.2. The predicted octanol–water partition coefficient (Wildman–Crippen LogP) is 3.53. The predicted molar refractivity (Wildman–Crippen MR) is 116 cm³/mol. The molecule has 2 aromatic carbocycles. The molecule has 2 aromatic rings. The van der Waals surface area contributed by atoms with Crippen LogP contribution < -0.4 is 14.8 Å². The van der Waals surface area contributed by atoms with Crippen molar-refractivity contribution in [3.63, 3.8) is 0 Å². The zero-order valence-corrected chi connectivity index (χ0v) is 17.9. The first-order chi connectivity index (χ1) is 14.5. The lowest BCUT2D eigenvalue weighted by atomic mass is 10.2. The summed E-state index contributed by atoms with van der Waals surface area (Å²) in [4.78, 5) is 12.4. The van der Waals surface area contributed by atoms with Gasteiger partial charge in [-0.3, -0.25) is 4.79 Å². The van der Waals surface area contributed by atoms with Gasteiger partial charge in [-0.2, -0.15) is 4.31 Å². The number of piperidine rings is 1. The van der Waals surface area contributed by atoms with Crippen LogP contribution in [0.5, 0.6) is 11.5 Å². The number of ether oxygens (including phenoxy) is 2. The Kier molecular flexibility index (Phi) is 7.12. The highest BCUT2D eigenvalue weighted by Crippen LogP contribution is 2.30. The monoisotopic (exact) mass is 430 g/mol. The summed E-state index contributed by atoms with van der Waals surface area (Å²) in [5.74, 6) is 0.491. The summed E-state index contributed by atoms with van der Waals surface area (Å²) in [7, 11) is -0.691. The Balaban J connectivity index is 1.81. The molecule has 1 aliphatic heterocycles. The summed E-state index contributed by atoms with van der Waals surface area (Å²) in [6, 6.07) is 11.9. The number of nitrogens with zero attached hydrogens (tertiary/aromatic N) is 1. The second-order valence-electron chi connectivity index (χ2n) is 6.90. The number of benzene rings is 2. The minimum atomic E-state index is -3.67. The van der Waals surface area contributed by atoms with Crippen molar-refractivity contribution in [1.29, 1.82) is 0 Å². The summed E-state index contributed by atoms with van der Waals surface area (Å²) in [5, 5.41) is 2.75. The second-order valence-corrected chi connectivity index (χ2v) is 8.80. The largest absolute Gasteiger partial charge is 0.495 e. The lowest BCUT2D eigenvalue weighted by molar-refractivity contribution is -0.111. The number of methoxy groups -OCH3 is 2. The van der Waals surface area contributed by atoms with Gasteiger partial charge < -0.3 is 14.8 Å². The molecule has 0 aliphatic carbocycles. The first-order valence-electron chi connectivity index (χ1n) is 9.76. The highest BCUT2D eigenvalue weighted by Gasteiger charge is 2.29. The molecule has 0 unspecified atom stereocenters. The van der Waals surface area contributed by atoms with Crippen molar-refractivity contribution in [1.82, 2.24) is 4.31 Å². The van der Waals surface area contributed by atoms with Crippen molar-refractivity contribution in [2.24, 2.45) is 0 Å². The number of sulfonamides is 1. The zero-order chi connectivity index (χ0) is 21.6. The Morgan fingerprint density at radius 1 is 1.00 bits per heavy atom. The number of anilines is 1. The van der Waals surface area contributed by atoms with E-state index in [-0.39, 0.29) is 16.6 Å². The summed E-state index contributed by atoms with van der Waals surface area (Å²) in [6.45, 7) is 1.01. The Morgan fingerprint density at radius 2 is 1.70 bits per heavy atom. The fraction of sp³-hybridized carbons (Fsp3) is 0.318. The van der Waals surface area contributed by atoms with Crippen molar-refractivity contribution in [2.75, 3.05) is 32.6 Å². The molecule has 1 amide bonds. The molecular weight excluding hydrogens is 404 g/mol. The summed E-state index contributed by atoms with van der Waals surface area (Å²) in [5.41, 5.74) is 1.14. The van der Waals surface area contributed by atoms with Crippen molar-refractivity contribution < 1.29 is 22.7 Å². The van der Waals surface area contributed by atoms with E-state index >= 15 is 0 Å². The van der Waals surface area contributed by atoms with Gasteiger partial charge in [0.25, 0.3) is 0 Å². The van der Waals surface area contributed by atoms with E-state index in [2.05, 4.69) is 5.32 Å². The van der Waals surface area contributed by atoms with Gasteiger partial charge >= 0.3 is 0 Å². The van der Waals surface area contributed by atoms with E-state index in [1.807, 2.05) is 6.07 Å². The number of amides is 1. The molecule has 1 aliphatic rings. The van der Waals surface area contributed by atoms with Gasteiger partial charge in [0.05, 0.1) is 19.9 Å². The van der Waals surface area contributed by atoms with Crippen LogP contribution in [0.3, 0.4) is 0 Å². The molecule has 0 spiro atoms. The van der Waals surface area contributed by atoms with Gasteiger partial charge in [0.2, 0.25) is 15.9 Å². The van der Waals surface area contributed by atoms with Crippen LogP contribution >= 0.6 is 0 Å². The molecule has 7 nitrogen and oxygen atoms in total. The zero-order valence-electron chi connectivity index (χ0n) is 17.1. The standard InChI is InChI=1S/C22H26N2O5S/c1-28-19-9-5-4-8-18(19)23-22(25)13-11-17-10-12-20(29-2)21(16-17)30(26,27)24-14-6-3-7-15-24/h4-5,8-13,16H,3,6-7,14-15H2,1-2H3,(H,23,25)/b13-11+. The van der Waals surface area contributed by atoms with Gasteiger partial charge in [0.1, 0.15) is 16.4 Å². The highest BCUT2D eigenvalue weighted by molar-refractivity contribution is 7.89. The van der Waals surface area contributed by atoms with Gasteiger partial charge in [-0.25, -0.2) is 8.42 Å². The average molecular weight is 431 g/mol. The van der Waals surface area contributed by atoms with Gasteiger partial charge in [-0.1, -0.05) is 24.6 Å². The van der Waals surface area contributed by atoms with E-state index in [1.165, 1.54) is 30.7 Å². The number of carbonyl (C=O) groups is 1. The molecule has 1 heterocycles. The third-order valence-electron chi connectivity index (χ3n) is 4.91. The second kappa shape index (κ2) is 9.77. The van der Waals surface area contributed by atoms with Crippen LogP contribution in [0.4, 0.5) is 5.69 Å². The maximum Gasteiger partial charge on any atom is 0.248 e. The summed E-state index contributed by atoms with van der Waals surface area (Å²) >= 11 is 0. The molecule has 0 saturated carbocycles. The molecule has 3 rings (SSSR count). The van der Waals surface area contributed by atoms with Gasteiger partial charge in [-0.05, 0) is 48.7 Å². The minimum absolute atomic E-state index is 0.110. The van der Waals surface area contributed by atoms with Gasteiger partial charge in [-0.15, -0.1) is 0 Å². The topological polar surface area (TPSA) is 84.9 Å². The lowest BCUT2D eigenvalue weighted by Crippen LogP contribution is -2.35. The molecule has 8 heteroatoms. The van der Waals surface area contributed by atoms with E-state index in [0.29, 0.717) is 30.1 Å². The van der Waals surface area contributed by atoms with Crippen LogP contribution in [-0.4, -0.2) is 45.9 Å². The molecule has 30 heavy (non-hydrogen) atoms. The maximum atomic E-state index is 13.1. The molecule has 0 atom stereocenters. The number of carbonyl (C=O) groups excluding carboxylic acids is 1. The number of hydrogen-bond acceptors (Lipinski definition) is 5. The summed E-state index contributed by atoms with van der Waals surface area (Å²) in [6.07, 6.45) is 5.66. The number of nitrogens with one attached hydrogen (secondary N) is 1. The van der Waals surface area contributed by atoms with Crippen molar-refractivity contribution in [2.45, 2.75) is 24.2 Å². The SMILES string of the molecule is COc1ccccc1NC(=O)/C=C/c1ccc(OC)c(S(=O)(=O)N2CCCCC2)c1. The Hall–Kier alpha value is -2.84. The molecule has 0 aromatic heterocycles. The van der Waals surface area contributed by atoms with Crippen LogP contribution in [0.25, 0.3) is 6.08 Å². The molecule has 1 fully saturated rings. The summed E-state index contributed by atoms with van der Waals surface area (Å²) < 4.78 is 38.2. The van der Waals surface area contributed by atoms with Crippen molar-refractivity contribution in [3.05, 3.63) is 54.1 Å². The Bertz CT molecular complexity index is 1030. The van der Waals surface area contributed by atoms with Crippen LogP contribution in [-0.2, 0) is 14.8 Å². The van der Waals surface area contributed by atoms with Gasteiger partial charge in [0.15, 0.2) is 0 Å². The van der Waals surface area contributed by atoms with E-state index in [4.69, 9.17) is 9.47 Å². The van der Waals surface area contributed by atoms with E-state index in [0.717, 1.165) is 19.3 Å². The fourth-order valence-corrected chi connectivity index (χ4v) is 5.04. The minimum Gasteiger partial charge on any atom is -0.495 e. The lowest BCUT2D eigenvalue weighted by Gasteiger charge is -2.26. The molecule has 160 valence electrons. The number of para-hydroxylation sites is 2. The van der Waals surface area contributed by atoms with Crippen LogP contribution in [0.15, 0.2) is 53.4 Å². The van der Waals surface area contributed by atoms with E-state index < -0.39 is 10.0 Å². The van der Waals surface area contributed by atoms with Crippen molar-refractivity contribution in [3.8, 4) is 11.5 Å². The van der Waals surface area contributed by atoms with Crippen LogP contribution in [0.2, 0.25) is 0 Å². The first kappa shape index (κ1) is 21.9. The fourth-order valence-electron chi connectivity index (χ4n) is 3.34. The molecular formula is C22H26N2O5S. The highest BCUT2D eigenvalue weighted by atomic mass is 32.2. The third kappa shape index (κ3) is 5.01. The third-order valence-corrected chi connectivity index (χ3v) is 6.83. The quantitative estimate of drug-likeness (QED) is 0.680. The maximum absolute atomic E-state index is 13.1. The van der Waals surface area contributed by atoms with E-state index in [9.17, 15) is 13.2 Å². The Labute approximate surface area is 177 Å². The number of rotatable bonds is 7. The smallest absolute Gasteiger partial charge is 0.248 e. The molecule has 1 saturated heterocycles. The normalized spacial score (nSPS) is 15.1. The molecule has 1 N–H and O–H groups in total.